The minimum absolute atomic E-state index is 0.148. The summed E-state index contributed by atoms with van der Waals surface area (Å²) in [6.07, 6.45) is 11.4. The molecule has 0 aromatic carbocycles. The van der Waals surface area contributed by atoms with Gasteiger partial charge in [-0.1, -0.05) is 25.0 Å². The van der Waals surface area contributed by atoms with Gasteiger partial charge >= 0.3 is 0 Å². The lowest BCUT2D eigenvalue weighted by molar-refractivity contribution is 0.303. The molecule has 0 saturated heterocycles. The van der Waals surface area contributed by atoms with Crippen molar-refractivity contribution in [3.63, 3.8) is 0 Å². The molecule has 106 valence electrons. The fourth-order valence-corrected chi connectivity index (χ4v) is 4.52. The van der Waals surface area contributed by atoms with Gasteiger partial charge < -0.3 is 4.90 Å². The van der Waals surface area contributed by atoms with Gasteiger partial charge in [-0.3, -0.25) is 9.89 Å². The molecule has 4 nitrogen and oxygen atoms in total. The average molecular weight is 289 g/mol. The highest BCUT2D eigenvalue weighted by atomic mass is 32.2. The summed E-state index contributed by atoms with van der Waals surface area (Å²) >= 11 is 1.81. The van der Waals surface area contributed by atoms with Crippen LogP contribution in [0.4, 0.5) is 0 Å². The number of nitrogens with zero attached hydrogens (tertiary/aromatic N) is 2. The summed E-state index contributed by atoms with van der Waals surface area (Å²) in [5.74, 6) is 2.82. The molecular weight excluding hydrogens is 270 g/mol. The number of rotatable bonds is 2. The largest absolute Gasteiger partial charge is 0.350 e. The molecule has 0 atom stereocenters. The molecule has 20 heavy (non-hydrogen) atoms. The monoisotopic (exact) mass is 289 g/mol. The topological polar surface area (TPSA) is 41.0 Å². The Hall–Kier alpha value is -1.36. The van der Waals surface area contributed by atoms with Crippen LogP contribution in [0, 0.1) is 0 Å². The number of H-pyrrole nitrogens is 1. The molecule has 1 aliphatic carbocycles. The van der Waals surface area contributed by atoms with Crippen LogP contribution in [0.5, 0.6) is 0 Å². The van der Waals surface area contributed by atoms with Gasteiger partial charge in [0, 0.05) is 24.1 Å². The third kappa shape index (κ3) is 1.87. The van der Waals surface area contributed by atoms with Gasteiger partial charge in [0.1, 0.15) is 5.82 Å². The van der Waals surface area contributed by atoms with Gasteiger partial charge in [0.15, 0.2) is 0 Å². The third-order valence-electron chi connectivity index (χ3n) is 4.54. The molecule has 3 aliphatic rings. The summed E-state index contributed by atoms with van der Waals surface area (Å²) < 4.78 is 1.77. The van der Waals surface area contributed by atoms with Gasteiger partial charge in [-0.15, -0.1) is 0 Å². The van der Waals surface area contributed by atoms with Gasteiger partial charge in [-0.2, -0.15) is 11.8 Å². The molecule has 0 amide bonds. The minimum atomic E-state index is 0.148. The van der Waals surface area contributed by atoms with Crippen molar-refractivity contribution < 1.29 is 0 Å². The molecule has 1 N–H and O–H groups in total. The highest BCUT2D eigenvalue weighted by Gasteiger charge is 2.28. The minimum Gasteiger partial charge on any atom is -0.350 e. The number of aromatic nitrogens is 2. The first-order valence-corrected chi connectivity index (χ1v) is 8.54. The number of hydrogen-bond donors (Lipinski definition) is 1. The number of aromatic amines is 1. The van der Waals surface area contributed by atoms with E-state index in [0.717, 1.165) is 35.1 Å². The van der Waals surface area contributed by atoms with Gasteiger partial charge in [-0.05, 0) is 18.9 Å². The summed E-state index contributed by atoms with van der Waals surface area (Å²) in [6.45, 7) is 0.918. The Balaban J connectivity index is 1.73. The Morgan fingerprint density at radius 3 is 2.90 bits per heavy atom. The molecule has 1 fully saturated rings. The van der Waals surface area contributed by atoms with Crippen LogP contribution in [0.15, 0.2) is 23.0 Å². The Morgan fingerprint density at radius 1 is 1.25 bits per heavy atom. The lowest BCUT2D eigenvalue weighted by Gasteiger charge is -2.33. The Bertz CT molecular complexity index is 634. The molecule has 1 saturated carbocycles. The fourth-order valence-electron chi connectivity index (χ4n) is 3.47. The van der Waals surface area contributed by atoms with Gasteiger partial charge in [-0.25, -0.2) is 4.68 Å². The maximum Gasteiger partial charge on any atom is 0.276 e. The maximum atomic E-state index is 12.5. The number of hydrogen-bond acceptors (Lipinski definition) is 3. The number of fused-ring (bicyclic) bond motifs is 1. The molecule has 3 heterocycles. The van der Waals surface area contributed by atoms with E-state index in [4.69, 9.17) is 0 Å². The summed E-state index contributed by atoms with van der Waals surface area (Å²) in [5.41, 5.74) is 2.23. The standard InChI is InChI=1S/C15H19N3OS/c19-15-12-9-20-10-13(12)16-18(15)14-7-3-4-8-17(14)11-5-1-2-6-11/h3-4,7,11,16H,1-2,5-6,8-10H2. The van der Waals surface area contributed by atoms with E-state index in [0.29, 0.717) is 6.04 Å². The number of allylic oxidation sites excluding steroid dienone is 2. The Morgan fingerprint density at radius 2 is 2.10 bits per heavy atom. The van der Waals surface area contributed by atoms with Crippen LogP contribution in [0.2, 0.25) is 0 Å². The highest BCUT2D eigenvalue weighted by Crippen LogP contribution is 2.30. The first kappa shape index (κ1) is 12.4. The predicted molar refractivity (Wildman–Crippen MR) is 82.4 cm³/mol. The van der Waals surface area contributed by atoms with E-state index >= 15 is 0 Å². The summed E-state index contributed by atoms with van der Waals surface area (Å²) in [7, 11) is 0. The van der Waals surface area contributed by atoms with Crippen molar-refractivity contribution in [2.45, 2.75) is 43.2 Å². The summed E-state index contributed by atoms with van der Waals surface area (Å²) in [6, 6.07) is 0.589. The summed E-state index contributed by atoms with van der Waals surface area (Å²) in [4.78, 5) is 14.9. The van der Waals surface area contributed by atoms with E-state index in [9.17, 15) is 4.79 Å². The van der Waals surface area contributed by atoms with E-state index in [1.54, 1.807) is 4.68 Å². The third-order valence-corrected chi connectivity index (χ3v) is 5.52. The van der Waals surface area contributed by atoms with Crippen LogP contribution in [-0.4, -0.2) is 27.3 Å². The van der Waals surface area contributed by atoms with Crippen LogP contribution >= 0.6 is 11.8 Å². The highest BCUT2D eigenvalue weighted by molar-refractivity contribution is 7.98. The van der Waals surface area contributed by atoms with Crippen molar-refractivity contribution in [3.8, 4) is 0 Å². The predicted octanol–water partition coefficient (Wildman–Crippen LogP) is 2.54. The summed E-state index contributed by atoms with van der Waals surface area (Å²) in [5, 5.41) is 3.32. The van der Waals surface area contributed by atoms with E-state index in [1.807, 2.05) is 11.8 Å². The van der Waals surface area contributed by atoms with Crippen LogP contribution < -0.4 is 5.56 Å². The second-order valence-electron chi connectivity index (χ2n) is 5.75. The van der Waals surface area contributed by atoms with Crippen LogP contribution in [0.25, 0.3) is 5.82 Å². The second-order valence-corrected chi connectivity index (χ2v) is 6.73. The van der Waals surface area contributed by atoms with E-state index < -0.39 is 0 Å². The van der Waals surface area contributed by atoms with Crippen molar-refractivity contribution in [2.75, 3.05) is 6.54 Å². The van der Waals surface area contributed by atoms with Crippen molar-refractivity contribution >= 4 is 17.6 Å². The van der Waals surface area contributed by atoms with Crippen LogP contribution in [0.1, 0.15) is 36.9 Å². The first-order chi connectivity index (χ1) is 9.84. The smallest absolute Gasteiger partial charge is 0.276 e. The fraction of sp³-hybridized carbons (Fsp3) is 0.533. The first-order valence-electron chi connectivity index (χ1n) is 7.39. The molecular formula is C15H19N3OS. The number of nitrogens with one attached hydrogen (secondary N) is 1. The van der Waals surface area contributed by atoms with Crippen molar-refractivity contribution in [1.29, 1.82) is 0 Å². The normalized spacial score (nSPS) is 22.4. The van der Waals surface area contributed by atoms with E-state index in [2.05, 4.69) is 28.2 Å². The molecule has 2 aliphatic heterocycles. The molecule has 5 heteroatoms. The van der Waals surface area contributed by atoms with Crippen LogP contribution in [-0.2, 0) is 11.5 Å². The quantitative estimate of drug-likeness (QED) is 0.909. The molecule has 0 radical (unpaired) electrons. The Labute approximate surface area is 122 Å². The average Bonchev–Trinajstić information content (AvgIpc) is 3.18. The molecule has 0 spiro atoms. The molecule has 0 bridgehead atoms. The maximum absolute atomic E-state index is 12.5. The lowest BCUT2D eigenvalue weighted by Crippen LogP contribution is -2.38. The number of thioether (sulfide) groups is 1. The zero-order valence-corrected chi connectivity index (χ0v) is 12.3. The van der Waals surface area contributed by atoms with Crippen molar-refractivity contribution in [3.05, 3.63) is 39.8 Å². The lowest BCUT2D eigenvalue weighted by atomic mass is 10.2. The van der Waals surface area contributed by atoms with Gasteiger partial charge in [0.2, 0.25) is 0 Å². The van der Waals surface area contributed by atoms with E-state index in [1.165, 1.54) is 25.7 Å². The van der Waals surface area contributed by atoms with Gasteiger partial charge in [0.05, 0.1) is 11.3 Å². The van der Waals surface area contributed by atoms with E-state index in [-0.39, 0.29) is 5.56 Å². The SMILES string of the molecule is O=c1c2c([nH]n1C1=CC=CCN1C1CCCC1)CSC2. The molecule has 1 aromatic heterocycles. The van der Waals surface area contributed by atoms with Crippen LogP contribution in [0.3, 0.4) is 0 Å². The molecule has 1 aromatic rings. The second kappa shape index (κ2) is 4.88. The zero-order valence-electron chi connectivity index (χ0n) is 11.5. The zero-order chi connectivity index (χ0) is 13.5. The molecule has 0 unspecified atom stereocenters. The van der Waals surface area contributed by atoms with Crippen molar-refractivity contribution in [2.24, 2.45) is 0 Å². The molecule has 4 rings (SSSR count). The Kier molecular flexibility index (Phi) is 3.02. The van der Waals surface area contributed by atoms with Crippen molar-refractivity contribution in [1.82, 2.24) is 14.7 Å². The van der Waals surface area contributed by atoms with Gasteiger partial charge in [0.25, 0.3) is 5.56 Å².